The number of allylic oxidation sites excluding steroid dienone is 1. The Kier molecular flexibility index (Phi) is 3.99. The number of halogens is 1. The van der Waals surface area contributed by atoms with E-state index in [1.807, 2.05) is 13.0 Å². The largest absolute Gasteiger partial charge is 0.389 e. The molecule has 4 aliphatic carbocycles. The highest BCUT2D eigenvalue weighted by atomic mass is 19.1. The Morgan fingerprint density at radius 2 is 2.00 bits per heavy atom. The second-order valence-corrected chi connectivity index (χ2v) is 9.29. The first-order valence-electron chi connectivity index (χ1n) is 9.84. The number of rotatable bonds is 2. The number of fused-ring (bicyclic) bond motifs is 5. The number of carbonyl (C=O) groups excluding carboxylic acids is 2. The lowest BCUT2D eigenvalue weighted by atomic mass is 9.46. The summed E-state index contributed by atoms with van der Waals surface area (Å²) in [6.45, 7) is 3.73. The van der Waals surface area contributed by atoms with Crippen LogP contribution in [0.1, 0.15) is 58.8 Å². The summed E-state index contributed by atoms with van der Waals surface area (Å²) in [6.07, 6.45) is 6.29. The van der Waals surface area contributed by atoms with E-state index in [1.54, 1.807) is 0 Å². The Hall–Kier alpha value is -1.03. The molecule has 0 unspecified atom stereocenters. The second-order valence-electron chi connectivity index (χ2n) is 9.29. The molecule has 1 N–H and O–H groups in total. The Morgan fingerprint density at radius 1 is 1.24 bits per heavy atom. The van der Waals surface area contributed by atoms with Gasteiger partial charge in [-0.15, -0.1) is 0 Å². The molecular weight excluding hydrogens is 319 g/mol. The molecular formula is C21H29FO3. The molecule has 0 heterocycles. The molecule has 0 amide bonds. The minimum atomic E-state index is -1.00. The van der Waals surface area contributed by atoms with E-state index in [0.29, 0.717) is 25.2 Å². The molecule has 0 saturated heterocycles. The van der Waals surface area contributed by atoms with Crippen LogP contribution in [0, 0.1) is 34.5 Å². The van der Waals surface area contributed by atoms with Crippen LogP contribution in [0.25, 0.3) is 0 Å². The highest BCUT2D eigenvalue weighted by Gasteiger charge is 2.64. The minimum absolute atomic E-state index is 0.0540. The summed E-state index contributed by atoms with van der Waals surface area (Å²) in [7, 11) is 0. The van der Waals surface area contributed by atoms with Crippen molar-refractivity contribution >= 4 is 11.6 Å². The first kappa shape index (κ1) is 17.4. The van der Waals surface area contributed by atoms with Crippen molar-refractivity contribution in [2.45, 2.75) is 65.0 Å². The molecule has 0 aromatic rings. The van der Waals surface area contributed by atoms with E-state index < -0.39 is 18.2 Å². The number of Topliss-reactive ketones (excluding diaryl/α,β-unsaturated/α-hetero) is 1. The highest BCUT2D eigenvalue weighted by Crippen LogP contribution is 2.67. The van der Waals surface area contributed by atoms with E-state index >= 15 is 4.39 Å². The standard InChI is InChI=1S/C21H29FO3/c1-20-8-7-13(24)9-12(20)3-4-14-15-5-6-16(18(25)11-23)21(15,2)19(22)10-17(14)20/h9,14-17,19,23H,3-8,10-11H2,1-2H3/t14-,15-,16+,17-,19-,20-,21-/m0/s1. The molecule has 4 rings (SSSR count). The van der Waals surface area contributed by atoms with Crippen LogP contribution in [-0.2, 0) is 9.59 Å². The Bertz CT molecular complexity index is 641. The predicted octanol–water partition coefficient (Wildman–Crippen LogP) is 3.64. The number of ketones is 2. The van der Waals surface area contributed by atoms with Gasteiger partial charge < -0.3 is 5.11 Å². The molecule has 0 aliphatic heterocycles. The van der Waals surface area contributed by atoms with E-state index in [9.17, 15) is 14.7 Å². The van der Waals surface area contributed by atoms with Gasteiger partial charge in [-0.1, -0.05) is 19.4 Å². The van der Waals surface area contributed by atoms with Gasteiger partial charge in [0.25, 0.3) is 0 Å². The number of aliphatic hydroxyl groups is 1. The number of carbonyl (C=O) groups is 2. The van der Waals surface area contributed by atoms with Crippen molar-refractivity contribution in [2.24, 2.45) is 34.5 Å². The Morgan fingerprint density at radius 3 is 2.72 bits per heavy atom. The molecule has 0 radical (unpaired) electrons. The van der Waals surface area contributed by atoms with Crippen molar-refractivity contribution in [1.82, 2.24) is 0 Å². The molecule has 0 aromatic carbocycles. The molecule has 7 atom stereocenters. The lowest BCUT2D eigenvalue weighted by Crippen LogP contribution is -2.56. The number of aliphatic hydroxyl groups excluding tert-OH is 1. The van der Waals surface area contributed by atoms with Crippen LogP contribution in [0.4, 0.5) is 4.39 Å². The molecule has 25 heavy (non-hydrogen) atoms. The van der Waals surface area contributed by atoms with E-state index in [-0.39, 0.29) is 34.7 Å². The summed E-state index contributed by atoms with van der Waals surface area (Å²) in [5.41, 5.74) is 0.562. The zero-order valence-corrected chi connectivity index (χ0v) is 15.3. The fraction of sp³-hybridized carbons (Fsp3) is 0.810. The molecule has 3 fully saturated rings. The number of alkyl halides is 1. The molecule has 4 heteroatoms. The lowest BCUT2D eigenvalue weighted by molar-refractivity contribution is -0.141. The van der Waals surface area contributed by atoms with Crippen molar-refractivity contribution in [1.29, 1.82) is 0 Å². The topological polar surface area (TPSA) is 54.4 Å². The fourth-order valence-corrected chi connectivity index (χ4v) is 7.12. The first-order chi connectivity index (χ1) is 11.8. The third kappa shape index (κ3) is 2.25. The minimum Gasteiger partial charge on any atom is -0.389 e. The average Bonchev–Trinajstić information content (AvgIpc) is 2.95. The molecule has 0 spiro atoms. The lowest BCUT2D eigenvalue weighted by Gasteiger charge is -2.59. The van der Waals surface area contributed by atoms with Gasteiger partial charge >= 0.3 is 0 Å². The summed E-state index contributed by atoms with van der Waals surface area (Å²) >= 11 is 0. The summed E-state index contributed by atoms with van der Waals surface area (Å²) < 4.78 is 15.5. The Balaban J connectivity index is 1.70. The van der Waals surface area contributed by atoms with Gasteiger partial charge in [-0.2, -0.15) is 0 Å². The maximum Gasteiger partial charge on any atom is 0.161 e. The maximum absolute atomic E-state index is 15.5. The molecule has 0 bridgehead atoms. The second kappa shape index (κ2) is 5.73. The highest BCUT2D eigenvalue weighted by molar-refractivity contribution is 5.91. The normalized spacial score (nSPS) is 49.0. The quantitative estimate of drug-likeness (QED) is 0.829. The summed E-state index contributed by atoms with van der Waals surface area (Å²) in [4.78, 5) is 24.1. The van der Waals surface area contributed by atoms with Gasteiger partial charge in [0.1, 0.15) is 12.8 Å². The zero-order valence-electron chi connectivity index (χ0n) is 15.3. The van der Waals surface area contributed by atoms with Gasteiger partial charge in [-0.25, -0.2) is 4.39 Å². The molecule has 138 valence electrons. The van der Waals surface area contributed by atoms with Crippen LogP contribution in [0.2, 0.25) is 0 Å². The van der Waals surface area contributed by atoms with E-state index in [1.165, 1.54) is 5.57 Å². The van der Waals surface area contributed by atoms with Gasteiger partial charge in [0.15, 0.2) is 11.6 Å². The third-order valence-corrected chi connectivity index (χ3v) is 8.55. The molecule has 3 nitrogen and oxygen atoms in total. The van der Waals surface area contributed by atoms with Crippen molar-refractivity contribution in [3.05, 3.63) is 11.6 Å². The van der Waals surface area contributed by atoms with E-state index in [2.05, 4.69) is 6.92 Å². The predicted molar refractivity (Wildman–Crippen MR) is 92.6 cm³/mol. The van der Waals surface area contributed by atoms with Crippen LogP contribution < -0.4 is 0 Å². The molecule has 0 aromatic heterocycles. The van der Waals surface area contributed by atoms with E-state index in [4.69, 9.17) is 0 Å². The van der Waals surface area contributed by atoms with Gasteiger partial charge in [0.2, 0.25) is 0 Å². The van der Waals surface area contributed by atoms with Crippen molar-refractivity contribution in [2.75, 3.05) is 6.61 Å². The van der Waals surface area contributed by atoms with Crippen LogP contribution in [0.3, 0.4) is 0 Å². The summed E-state index contributed by atoms with van der Waals surface area (Å²) in [5.74, 6) is 0.629. The van der Waals surface area contributed by atoms with Crippen LogP contribution in [0.5, 0.6) is 0 Å². The Labute approximate surface area is 149 Å². The fourth-order valence-electron chi connectivity index (χ4n) is 7.12. The maximum atomic E-state index is 15.5. The van der Waals surface area contributed by atoms with Crippen LogP contribution in [-0.4, -0.2) is 29.5 Å². The van der Waals surface area contributed by atoms with Gasteiger partial charge in [0.05, 0.1) is 0 Å². The van der Waals surface area contributed by atoms with Gasteiger partial charge in [-0.3, -0.25) is 9.59 Å². The third-order valence-electron chi connectivity index (χ3n) is 8.55. The molecule has 3 saturated carbocycles. The average molecular weight is 348 g/mol. The monoisotopic (exact) mass is 348 g/mol. The van der Waals surface area contributed by atoms with Crippen LogP contribution >= 0.6 is 0 Å². The van der Waals surface area contributed by atoms with Crippen molar-refractivity contribution in [3.63, 3.8) is 0 Å². The van der Waals surface area contributed by atoms with Crippen molar-refractivity contribution < 1.29 is 19.1 Å². The summed E-state index contributed by atoms with van der Waals surface area (Å²) in [5, 5.41) is 9.33. The van der Waals surface area contributed by atoms with Gasteiger partial charge in [0, 0.05) is 17.8 Å². The number of hydrogen-bond acceptors (Lipinski definition) is 3. The smallest absolute Gasteiger partial charge is 0.161 e. The van der Waals surface area contributed by atoms with Gasteiger partial charge in [-0.05, 0) is 67.8 Å². The first-order valence-corrected chi connectivity index (χ1v) is 9.84. The van der Waals surface area contributed by atoms with Crippen LogP contribution in [0.15, 0.2) is 11.6 Å². The summed E-state index contributed by atoms with van der Waals surface area (Å²) in [6, 6.07) is 0. The SMILES string of the molecule is C[C@@]12[C@@H](C(=O)CO)CC[C@H]1[C@@H]1CCC3=CC(=O)CC[C@]3(C)[C@H]1C[C@@H]2F. The zero-order chi connectivity index (χ0) is 18.0. The molecule has 4 aliphatic rings. The van der Waals surface area contributed by atoms with E-state index in [0.717, 1.165) is 25.7 Å². The number of hydrogen-bond donors (Lipinski definition) is 1. The van der Waals surface area contributed by atoms with Crippen molar-refractivity contribution in [3.8, 4) is 0 Å².